The minimum absolute atomic E-state index is 0.0741. The summed E-state index contributed by atoms with van der Waals surface area (Å²) < 4.78 is 36.6. The molecule has 9 heteroatoms. The number of aromatic nitrogens is 1. The minimum Gasteiger partial charge on any atom is -0.490 e. The number of piperidine rings is 1. The monoisotopic (exact) mass is 606 g/mol. The second-order valence-electron chi connectivity index (χ2n) is 11.2. The molecule has 0 unspecified atom stereocenters. The van der Waals surface area contributed by atoms with Crippen LogP contribution in [-0.2, 0) is 10.1 Å². The maximum atomic E-state index is 10.7. The van der Waals surface area contributed by atoms with E-state index in [1.165, 1.54) is 33.3 Å². The Hall–Kier alpha value is -3.21. The second-order valence-corrected chi connectivity index (χ2v) is 13.5. The fourth-order valence-electron chi connectivity index (χ4n) is 5.72. The third-order valence-electron chi connectivity index (χ3n) is 7.95. The van der Waals surface area contributed by atoms with Crippen molar-refractivity contribution in [2.75, 3.05) is 19.7 Å². The van der Waals surface area contributed by atoms with Gasteiger partial charge < -0.3 is 14.8 Å². The van der Waals surface area contributed by atoms with E-state index in [1.807, 2.05) is 30.4 Å². The number of benzene rings is 3. The smallest absolute Gasteiger partial charge is 0.294 e. The average molecular weight is 607 g/mol. The first-order valence-electron chi connectivity index (χ1n) is 14.2. The highest BCUT2D eigenvalue weighted by Gasteiger charge is 2.28. The summed E-state index contributed by atoms with van der Waals surface area (Å²) in [6.07, 6.45) is 1.76. The van der Waals surface area contributed by atoms with Gasteiger partial charge in [-0.1, -0.05) is 30.3 Å². The van der Waals surface area contributed by atoms with Crippen molar-refractivity contribution in [2.24, 2.45) is 0 Å². The molecule has 0 amide bonds. The van der Waals surface area contributed by atoms with Crippen LogP contribution in [-0.4, -0.2) is 59.8 Å². The van der Waals surface area contributed by atoms with Gasteiger partial charge in [0, 0.05) is 33.9 Å². The number of likely N-dealkylation sites (tertiary alicyclic amines) is 1. The fourth-order valence-corrected chi connectivity index (χ4v) is 7.14. The highest BCUT2D eigenvalue weighted by Crippen LogP contribution is 2.35. The molecule has 3 aromatic carbocycles. The Labute approximate surface area is 251 Å². The first kappa shape index (κ1) is 30.3. The summed E-state index contributed by atoms with van der Waals surface area (Å²) in [6, 6.07) is 23.0. The van der Waals surface area contributed by atoms with E-state index in [4.69, 9.17) is 9.29 Å². The number of hydrogen-bond donors (Lipinski definition) is 3. The Bertz CT molecular complexity index is 1750. The summed E-state index contributed by atoms with van der Waals surface area (Å²) in [5.41, 5.74) is 5.03. The topological polar surface area (TPSA) is 103 Å². The molecule has 0 bridgehead atoms. The molecule has 3 heterocycles. The lowest BCUT2D eigenvalue weighted by Crippen LogP contribution is -2.45. The van der Waals surface area contributed by atoms with Gasteiger partial charge in [-0.2, -0.15) is 8.42 Å². The first-order chi connectivity index (χ1) is 20.1. The summed E-state index contributed by atoms with van der Waals surface area (Å²) in [5, 5.41) is 15.4. The summed E-state index contributed by atoms with van der Waals surface area (Å²) >= 11 is 1.83. The van der Waals surface area contributed by atoms with Crippen molar-refractivity contribution in [1.29, 1.82) is 0 Å². The SMILES string of the molecule is Cc1cc2c(OC[C@@H](O)CN3CC[C@H](c4ccc5scc(C)c5c4)C[C@H]3C)cccc2[nH]1.O=S(=O)(O)c1ccccc1. The van der Waals surface area contributed by atoms with Gasteiger partial charge in [-0.25, -0.2) is 0 Å². The van der Waals surface area contributed by atoms with Crippen molar-refractivity contribution in [1.82, 2.24) is 9.88 Å². The van der Waals surface area contributed by atoms with E-state index in [-0.39, 0.29) is 4.90 Å². The van der Waals surface area contributed by atoms with Crippen LogP contribution in [0.15, 0.2) is 83.1 Å². The third kappa shape index (κ3) is 7.22. The average Bonchev–Trinajstić information content (AvgIpc) is 3.54. The number of hydrogen-bond acceptors (Lipinski definition) is 6. The molecule has 222 valence electrons. The molecule has 3 atom stereocenters. The Morgan fingerprint density at radius 3 is 2.55 bits per heavy atom. The molecular formula is C33H38N2O5S2. The number of H-pyrrole nitrogens is 1. The van der Waals surface area contributed by atoms with Gasteiger partial charge in [0.2, 0.25) is 0 Å². The van der Waals surface area contributed by atoms with Gasteiger partial charge >= 0.3 is 0 Å². The summed E-state index contributed by atoms with van der Waals surface area (Å²) in [5.74, 6) is 1.42. The summed E-state index contributed by atoms with van der Waals surface area (Å²) in [7, 11) is -4.00. The zero-order chi connectivity index (χ0) is 29.9. The predicted molar refractivity (Wildman–Crippen MR) is 170 cm³/mol. The highest BCUT2D eigenvalue weighted by atomic mass is 32.2. The van der Waals surface area contributed by atoms with Gasteiger partial charge in [0.25, 0.3) is 10.1 Å². The molecule has 0 radical (unpaired) electrons. The van der Waals surface area contributed by atoms with Crippen LogP contribution in [0.3, 0.4) is 0 Å². The largest absolute Gasteiger partial charge is 0.490 e. The van der Waals surface area contributed by atoms with Crippen LogP contribution < -0.4 is 4.74 Å². The predicted octanol–water partition coefficient (Wildman–Crippen LogP) is 6.94. The van der Waals surface area contributed by atoms with Crippen LogP contribution in [0.5, 0.6) is 5.75 Å². The van der Waals surface area contributed by atoms with E-state index in [0.29, 0.717) is 25.1 Å². The van der Waals surface area contributed by atoms with Gasteiger partial charge in [0.1, 0.15) is 18.5 Å². The number of aliphatic hydroxyl groups is 1. The van der Waals surface area contributed by atoms with Crippen molar-refractivity contribution in [3.05, 3.63) is 95.0 Å². The van der Waals surface area contributed by atoms with Crippen molar-refractivity contribution in [3.63, 3.8) is 0 Å². The van der Waals surface area contributed by atoms with E-state index in [9.17, 15) is 13.5 Å². The maximum Gasteiger partial charge on any atom is 0.294 e. The number of aryl methyl sites for hydroxylation is 2. The third-order valence-corrected chi connectivity index (χ3v) is 9.90. The van der Waals surface area contributed by atoms with Crippen molar-refractivity contribution >= 4 is 42.4 Å². The van der Waals surface area contributed by atoms with E-state index in [1.54, 1.807) is 18.2 Å². The molecule has 5 aromatic rings. The van der Waals surface area contributed by atoms with Crippen molar-refractivity contribution in [2.45, 2.75) is 56.6 Å². The Morgan fingerprint density at radius 1 is 1.05 bits per heavy atom. The molecular weight excluding hydrogens is 569 g/mol. The summed E-state index contributed by atoms with van der Waals surface area (Å²) in [4.78, 5) is 5.68. The first-order valence-corrected chi connectivity index (χ1v) is 16.5. The normalized spacial score (nSPS) is 18.5. The zero-order valence-electron chi connectivity index (χ0n) is 24.2. The van der Waals surface area contributed by atoms with Crippen LogP contribution >= 0.6 is 11.3 Å². The molecule has 3 N–H and O–H groups in total. The molecule has 1 saturated heterocycles. The molecule has 2 aromatic heterocycles. The Balaban J connectivity index is 0.000000300. The molecule has 0 aliphatic carbocycles. The number of nitrogens with zero attached hydrogens (tertiary/aromatic N) is 1. The molecule has 7 nitrogen and oxygen atoms in total. The van der Waals surface area contributed by atoms with Gasteiger partial charge in [-0.3, -0.25) is 9.45 Å². The maximum absolute atomic E-state index is 10.7. The lowest BCUT2D eigenvalue weighted by Gasteiger charge is -2.38. The number of β-amino-alcohol motifs (C(OH)–C–C–N with tert-alkyl or cyclic N) is 1. The lowest BCUT2D eigenvalue weighted by molar-refractivity contribution is 0.0406. The van der Waals surface area contributed by atoms with Gasteiger partial charge in [0.05, 0.1) is 4.90 Å². The molecule has 0 saturated carbocycles. The van der Waals surface area contributed by atoms with Gasteiger partial charge in [0.15, 0.2) is 0 Å². The molecule has 1 aliphatic heterocycles. The molecule has 6 rings (SSSR count). The van der Waals surface area contributed by atoms with E-state index >= 15 is 0 Å². The molecule has 1 aliphatic rings. The Kier molecular flexibility index (Phi) is 9.35. The summed E-state index contributed by atoms with van der Waals surface area (Å²) in [6.45, 7) is 8.51. The standard InChI is InChI=1S/C27H32N2O2S.C6H6O3S/c1-17-16-32-27-8-7-20(13-23(17)27)21-9-10-29(19(3)12-21)14-22(30)15-31-26-6-4-5-25-24(26)11-18(2)28-25;7-10(8,9)6-4-2-1-3-5-6/h4-8,11,13,16,19,21-22,28,30H,9-10,12,14-15H2,1-3H3;1-5H,(H,7,8,9)/t19-,21+,22+;/m1./s1. The van der Waals surface area contributed by atoms with Gasteiger partial charge in [-0.15, -0.1) is 11.3 Å². The van der Waals surface area contributed by atoms with E-state index in [2.05, 4.69) is 59.4 Å². The zero-order valence-corrected chi connectivity index (χ0v) is 25.8. The number of thiophene rings is 1. The molecule has 1 fully saturated rings. The fraction of sp³-hybridized carbons (Fsp3) is 0.333. The highest BCUT2D eigenvalue weighted by molar-refractivity contribution is 7.85. The van der Waals surface area contributed by atoms with Gasteiger partial charge in [-0.05, 0) is 110 Å². The Morgan fingerprint density at radius 2 is 1.83 bits per heavy atom. The minimum atomic E-state index is -4.00. The molecule has 0 spiro atoms. The van der Waals surface area contributed by atoms with Crippen molar-refractivity contribution < 1.29 is 22.8 Å². The van der Waals surface area contributed by atoms with Crippen LogP contribution in [0.1, 0.15) is 42.5 Å². The number of ether oxygens (including phenoxy) is 1. The lowest BCUT2D eigenvalue weighted by atomic mass is 9.85. The second kappa shape index (κ2) is 13.0. The van der Waals surface area contributed by atoms with Crippen LogP contribution in [0, 0.1) is 13.8 Å². The van der Waals surface area contributed by atoms with E-state index < -0.39 is 16.2 Å². The van der Waals surface area contributed by atoms with Crippen molar-refractivity contribution in [3.8, 4) is 5.75 Å². The number of nitrogens with one attached hydrogen (secondary N) is 1. The quantitative estimate of drug-likeness (QED) is 0.174. The molecule has 42 heavy (non-hydrogen) atoms. The van der Waals surface area contributed by atoms with Crippen LogP contribution in [0.25, 0.3) is 21.0 Å². The number of fused-ring (bicyclic) bond motifs is 2. The number of rotatable bonds is 7. The van der Waals surface area contributed by atoms with E-state index in [0.717, 1.165) is 41.7 Å². The number of aliphatic hydroxyl groups excluding tert-OH is 1. The van der Waals surface area contributed by atoms with Crippen LogP contribution in [0.2, 0.25) is 0 Å². The van der Waals surface area contributed by atoms with Crippen LogP contribution in [0.4, 0.5) is 0 Å². The number of aromatic amines is 1.